The number of nitrogens with one attached hydrogen (secondary N) is 1. The standard InChI is InChI=1S/C28H37BrN2O4/c1-3-5-6-7-8-9-10-11-12-13-27(32)31-30-21-23-20-24(29)16-19-26(23)35-28(33)22-14-17-25(18-15-22)34-4-2/h14-21H,3-13H2,1-2H3,(H,31,32)/b30-21+. The molecule has 2 aromatic rings. The zero-order chi connectivity index (χ0) is 25.3. The summed E-state index contributed by atoms with van der Waals surface area (Å²) in [7, 11) is 0. The summed E-state index contributed by atoms with van der Waals surface area (Å²) >= 11 is 3.42. The molecule has 0 heterocycles. The first-order valence-electron chi connectivity index (χ1n) is 12.6. The Labute approximate surface area is 217 Å². The second kappa shape index (κ2) is 16.9. The smallest absolute Gasteiger partial charge is 0.343 e. The molecule has 0 aliphatic rings. The molecular weight excluding hydrogens is 508 g/mol. The van der Waals surface area contributed by atoms with Gasteiger partial charge < -0.3 is 9.47 Å². The predicted octanol–water partition coefficient (Wildman–Crippen LogP) is 7.44. The zero-order valence-corrected chi connectivity index (χ0v) is 22.4. The number of benzene rings is 2. The van der Waals surface area contributed by atoms with Crippen LogP contribution in [0, 0.1) is 0 Å². The molecule has 0 bridgehead atoms. The molecule has 1 N–H and O–H groups in total. The lowest BCUT2D eigenvalue weighted by Gasteiger charge is -2.09. The van der Waals surface area contributed by atoms with Crippen molar-refractivity contribution < 1.29 is 19.1 Å². The fourth-order valence-corrected chi connectivity index (χ4v) is 3.93. The quantitative estimate of drug-likeness (QED) is 0.0782. The summed E-state index contributed by atoms with van der Waals surface area (Å²) < 4.78 is 11.8. The number of carbonyl (C=O) groups is 2. The van der Waals surface area contributed by atoms with Crippen LogP contribution in [0.5, 0.6) is 11.5 Å². The molecule has 0 aliphatic heterocycles. The van der Waals surface area contributed by atoms with Crippen LogP contribution in [0.3, 0.4) is 0 Å². The van der Waals surface area contributed by atoms with E-state index in [0.717, 1.165) is 17.3 Å². The number of rotatable bonds is 16. The van der Waals surface area contributed by atoms with Crippen molar-refractivity contribution in [3.05, 3.63) is 58.1 Å². The normalized spacial score (nSPS) is 10.9. The summed E-state index contributed by atoms with van der Waals surface area (Å²) in [6.07, 6.45) is 12.8. The third-order valence-electron chi connectivity index (χ3n) is 5.48. The molecule has 0 atom stereocenters. The average molecular weight is 546 g/mol. The molecule has 6 nitrogen and oxygen atoms in total. The molecule has 0 radical (unpaired) electrons. The fourth-order valence-electron chi connectivity index (χ4n) is 3.55. The van der Waals surface area contributed by atoms with E-state index in [2.05, 4.69) is 33.4 Å². The van der Waals surface area contributed by atoms with E-state index >= 15 is 0 Å². The van der Waals surface area contributed by atoms with Crippen molar-refractivity contribution in [3.63, 3.8) is 0 Å². The van der Waals surface area contributed by atoms with E-state index in [-0.39, 0.29) is 5.91 Å². The van der Waals surface area contributed by atoms with Crippen molar-refractivity contribution in [2.75, 3.05) is 6.61 Å². The molecule has 2 rings (SSSR count). The number of halogens is 1. The van der Waals surface area contributed by atoms with Crippen molar-refractivity contribution in [1.29, 1.82) is 0 Å². The predicted molar refractivity (Wildman–Crippen MR) is 144 cm³/mol. The van der Waals surface area contributed by atoms with Crippen LogP contribution in [0.4, 0.5) is 0 Å². The lowest BCUT2D eigenvalue weighted by molar-refractivity contribution is -0.121. The van der Waals surface area contributed by atoms with E-state index in [0.29, 0.717) is 35.7 Å². The fraction of sp³-hybridized carbons (Fsp3) is 0.464. The summed E-state index contributed by atoms with van der Waals surface area (Å²) in [6.45, 7) is 4.69. The Morgan fingerprint density at radius 3 is 2.23 bits per heavy atom. The first kappa shape index (κ1) is 28.6. The first-order valence-corrected chi connectivity index (χ1v) is 13.4. The van der Waals surface area contributed by atoms with Crippen molar-refractivity contribution in [1.82, 2.24) is 5.43 Å². The molecule has 0 saturated heterocycles. The summed E-state index contributed by atoms with van der Waals surface area (Å²) in [4.78, 5) is 24.7. The Hall–Kier alpha value is -2.67. The van der Waals surface area contributed by atoms with Gasteiger partial charge in [-0.1, -0.05) is 74.2 Å². The van der Waals surface area contributed by atoms with Gasteiger partial charge in [-0.15, -0.1) is 0 Å². The van der Waals surface area contributed by atoms with Crippen LogP contribution in [0.1, 0.15) is 94.0 Å². The van der Waals surface area contributed by atoms with Gasteiger partial charge in [0.15, 0.2) is 0 Å². The Morgan fingerprint density at radius 2 is 1.57 bits per heavy atom. The Morgan fingerprint density at radius 1 is 0.914 bits per heavy atom. The number of hydrazone groups is 1. The maximum atomic E-state index is 12.6. The van der Waals surface area contributed by atoms with Gasteiger partial charge in [0, 0.05) is 16.5 Å². The Bertz CT molecular complexity index is 944. The lowest BCUT2D eigenvalue weighted by Crippen LogP contribution is -2.17. The number of carbonyl (C=O) groups excluding carboxylic acids is 2. The number of amides is 1. The molecule has 1 amide bonds. The summed E-state index contributed by atoms with van der Waals surface area (Å²) in [5.41, 5.74) is 3.55. The monoisotopic (exact) mass is 544 g/mol. The lowest BCUT2D eigenvalue weighted by atomic mass is 10.1. The maximum absolute atomic E-state index is 12.6. The van der Waals surface area contributed by atoms with Crippen molar-refractivity contribution >= 4 is 34.0 Å². The third-order valence-corrected chi connectivity index (χ3v) is 5.97. The highest BCUT2D eigenvalue weighted by Crippen LogP contribution is 2.23. The minimum atomic E-state index is -0.487. The molecule has 7 heteroatoms. The number of ether oxygens (including phenoxy) is 2. The minimum Gasteiger partial charge on any atom is -0.494 e. The highest BCUT2D eigenvalue weighted by Gasteiger charge is 2.12. The van der Waals surface area contributed by atoms with Gasteiger partial charge in [-0.05, 0) is 55.8 Å². The van der Waals surface area contributed by atoms with Gasteiger partial charge in [0.2, 0.25) is 5.91 Å². The van der Waals surface area contributed by atoms with Gasteiger partial charge >= 0.3 is 5.97 Å². The van der Waals surface area contributed by atoms with E-state index in [9.17, 15) is 9.59 Å². The van der Waals surface area contributed by atoms with E-state index in [1.54, 1.807) is 42.5 Å². The molecule has 0 fully saturated rings. The number of unbranched alkanes of at least 4 members (excludes halogenated alkanes) is 8. The summed E-state index contributed by atoms with van der Waals surface area (Å²) in [5.74, 6) is 0.439. The van der Waals surface area contributed by atoms with E-state index in [4.69, 9.17) is 9.47 Å². The van der Waals surface area contributed by atoms with E-state index < -0.39 is 5.97 Å². The molecule has 0 spiro atoms. The molecule has 0 aromatic heterocycles. The SMILES string of the molecule is CCCCCCCCCCCC(=O)N/N=C/c1cc(Br)ccc1OC(=O)c1ccc(OCC)cc1. The van der Waals surface area contributed by atoms with Crippen LogP contribution < -0.4 is 14.9 Å². The van der Waals surface area contributed by atoms with Gasteiger partial charge in [0.05, 0.1) is 18.4 Å². The van der Waals surface area contributed by atoms with Crippen LogP contribution in [0.25, 0.3) is 0 Å². The maximum Gasteiger partial charge on any atom is 0.343 e. The molecular formula is C28H37BrN2O4. The summed E-state index contributed by atoms with van der Waals surface area (Å²) in [5, 5.41) is 4.06. The molecule has 2 aromatic carbocycles. The summed E-state index contributed by atoms with van der Waals surface area (Å²) in [6, 6.07) is 12.0. The van der Waals surface area contributed by atoms with Crippen molar-refractivity contribution in [3.8, 4) is 11.5 Å². The highest BCUT2D eigenvalue weighted by atomic mass is 79.9. The number of hydrogen-bond donors (Lipinski definition) is 1. The van der Waals surface area contributed by atoms with Crippen LogP contribution in [0.15, 0.2) is 52.0 Å². The van der Waals surface area contributed by atoms with Crippen LogP contribution in [-0.2, 0) is 4.79 Å². The zero-order valence-electron chi connectivity index (χ0n) is 20.9. The number of hydrogen-bond acceptors (Lipinski definition) is 5. The van der Waals surface area contributed by atoms with E-state index in [1.165, 1.54) is 51.2 Å². The highest BCUT2D eigenvalue weighted by molar-refractivity contribution is 9.10. The first-order chi connectivity index (χ1) is 17.0. The van der Waals surface area contributed by atoms with Crippen molar-refractivity contribution in [2.24, 2.45) is 5.10 Å². The number of esters is 1. The third kappa shape index (κ3) is 11.5. The van der Waals surface area contributed by atoms with E-state index in [1.807, 2.05) is 6.92 Å². The molecule has 0 saturated carbocycles. The minimum absolute atomic E-state index is 0.118. The largest absolute Gasteiger partial charge is 0.494 e. The van der Waals surface area contributed by atoms with Gasteiger partial charge in [0.1, 0.15) is 11.5 Å². The van der Waals surface area contributed by atoms with Gasteiger partial charge in [0.25, 0.3) is 0 Å². The topological polar surface area (TPSA) is 77.0 Å². The second-order valence-corrected chi connectivity index (χ2v) is 9.32. The van der Waals surface area contributed by atoms with Gasteiger partial charge in [-0.25, -0.2) is 10.2 Å². The van der Waals surface area contributed by atoms with Crippen LogP contribution in [0.2, 0.25) is 0 Å². The molecule has 0 unspecified atom stereocenters. The molecule has 0 aliphatic carbocycles. The van der Waals surface area contributed by atoms with Gasteiger partial charge in [-0.3, -0.25) is 4.79 Å². The van der Waals surface area contributed by atoms with Crippen LogP contribution in [-0.4, -0.2) is 24.7 Å². The Balaban J connectivity index is 1.79. The van der Waals surface area contributed by atoms with Crippen molar-refractivity contribution in [2.45, 2.75) is 78.1 Å². The van der Waals surface area contributed by atoms with Gasteiger partial charge in [-0.2, -0.15) is 5.10 Å². The second-order valence-electron chi connectivity index (χ2n) is 8.40. The molecule has 190 valence electrons. The Kier molecular flexibility index (Phi) is 13.8. The molecule has 35 heavy (non-hydrogen) atoms. The average Bonchev–Trinajstić information content (AvgIpc) is 2.85. The number of nitrogens with zero attached hydrogens (tertiary/aromatic N) is 1. The van der Waals surface area contributed by atoms with Crippen LogP contribution >= 0.6 is 15.9 Å².